The van der Waals surface area contributed by atoms with Crippen molar-refractivity contribution >= 4 is 11.8 Å². The first-order chi connectivity index (χ1) is 6.99. The van der Waals surface area contributed by atoms with Crippen molar-refractivity contribution in [2.24, 2.45) is 0 Å². The smallest absolute Gasteiger partial charge is 0.377 e. The molecule has 1 aromatic carbocycles. The molecule has 0 amide bonds. The van der Waals surface area contributed by atoms with Crippen LogP contribution in [0.15, 0.2) is 12.1 Å². The fraction of sp³-hybridized carbons (Fsp3) is 0.273. The van der Waals surface area contributed by atoms with Crippen LogP contribution < -0.4 is 4.74 Å². The molecule has 1 N–H and O–H groups in total. The summed E-state index contributed by atoms with van der Waals surface area (Å²) in [4.78, 5) is 21.8. The number of benzene rings is 1. The molecule has 0 bridgehead atoms. The lowest BCUT2D eigenvalue weighted by Crippen LogP contribution is -2.14. The third kappa shape index (κ3) is 1.98. The minimum atomic E-state index is -1.44. The van der Waals surface area contributed by atoms with Crippen LogP contribution in [0.2, 0.25) is 0 Å². The van der Waals surface area contributed by atoms with Crippen molar-refractivity contribution < 1.29 is 19.4 Å². The second-order valence-corrected chi connectivity index (χ2v) is 3.20. The average Bonchev–Trinajstić information content (AvgIpc) is 2.21. The first-order valence-corrected chi connectivity index (χ1v) is 4.40. The SMILES string of the molecule is COc1ccc(C(=O)C(=O)O)c(C)c1C. The van der Waals surface area contributed by atoms with Crippen molar-refractivity contribution in [1.82, 2.24) is 0 Å². The maximum absolute atomic E-state index is 11.3. The Balaban J connectivity index is 3.29. The Morgan fingerprint density at radius 1 is 1.20 bits per heavy atom. The zero-order valence-electron chi connectivity index (χ0n) is 8.83. The molecule has 0 unspecified atom stereocenters. The van der Waals surface area contributed by atoms with E-state index in [1.165, 1.54) is 13.2 Å². The lowest BCUT2D eigenvalue weighted by Gasteiger charge is -2.10. The van der Waals surface area contributed by atoms with E-state index in [4.69, 9.17) is 9.84 Å². The fourth-order valence-electron chi connectivity index (χ4n) is 1.38. The van der Waals surface area contributed by atoms with Crippen LogP contribution in [-0.2, 0) is 4.79 Å². The van der Waals surface area contributed by atoms with E-state index in [1.807, 2.05) is 0 Å². The van der Waals surface area contributed by atoms with E-state index in [-0.39, 0.29) is 5.56 Å². The summed E-state index contributed by atoms with van der Waals surface area (Å²) in [7, 11) is 1.53. The summed E-state index contributed by atoms with van der Waals surface area (Å²) in [5.41, 5.74) is 1.63. The molecule has 4 nitrogen and oxygen atoms in total. The van der Waals surface area contributed by atoms with E-state index in [9.17, 15) is 9.59 Å². The van der Waals surface area contributed by atoms with Crippen molar-refractivity contribution in [3.05, 3.63) is 28.8 Å². The molecule has 0 aliphatic carbocycles. The highest BCUT2D eigenvalue weighted by Gasteiger charge is 2.18. The first-order valence-electron chi connectivity index (χ1n) is 4.40. The zero-order valence-corrected chi connectivity index (χ0v) is 8.83. The standard InChI is InChI=1S/C11H12O4/c1-6-7(2)9(15-3)5-4-8(6)10(12)11(13)14/h4-5H,1-3H3,(H,13,14). The van der Waals surface area contributed by atoms with Gasteiger partial charge in [-0.1, -0.05) is 0 Å². The third-order valence-corrected chi connectivity index (χ3v) is 2.40. The second kappa shape index (κ2) is 4.13. The molecule has 0 spiro atoms. The van der Waals surface area contributed by atoms with Gasteiger partial charge in [0.05, 0.1) is 7.11 Å². The number of hydrogen-bond donors (Lipinski definition) is 1. The Morgan fingerprint density at radius 2 is 1.80 bits per heavy atom. The van der Waals surface area contributed by atoms with Crippen LogP contribution >= 0.6 is 0 Å². The molecule has 0 aliphatic heterocycles. The predicted molar refractivity (Wildman–Crippen MR) is 54.4 cm³/mol. The monoisotopic (exact) mass is 208 g/mol. The minimum Gasteiger partial charge on any atom is -0.496 e. The number of carboxylic acid groups (broad SMARTS) is 1. The Hall–Kier alpha value is -1.84. The molecule has 0 aromatic heterocycles. The fourth-order valence-corrected chi connectivity index (χ4v) is 1.38. The van der Waals surface area contributed by atoms with Crippen LogP contribution in [0.4, 0.5) is 0 Å². The van der Waals surface area contributed by atoms with Gasteiger partial charge in [0.25, 0.3) is 5.78 Å². The number of hydrogen-bond acceptors (Lipinski definition) is 3. The normalized spacial score (nSPS) is 9.80. The van der Waals surface area contributed by atoms with Crippen LogP contribution in [0.1, 0.15) is 21.5 Å². The Morgan fingerprint density at radius 3 is 2.27 bits per heavy atom. The molecule has 0 saturated carbocycles. The van der Waals surface area contributed by atoms with Crippen molar-refractivity contribution in [1.29, 1.82) is 0 Å². The molecule has 1 aromatic rings. The quantitative estimate of drug-likeness (QED) is 0.605. The van der Waals surface area contributed by atoms with Gasteiger partial charge in [0.2, 0.25) is 0 Å². The van der Waals surface area contributed by atoms with Crippen LogP contribution in [0, 0.1) is 13.8 Å². The topological polar surface area (TPSA) is 63.6 Å². The van der Waals surface area contributed by atoms with Crippen molar-refractivity contribution in [2.75, 3.05) is 7.11 Å². The minimum absolute atomic E-state index is 0.209. The predicted octanol–water partition coefficient (Wildman–Crippen LogP) is 1.58. The van der Waals surface area contributed by atoms with Gasteiger partial charge in [0.1, 0.15) is 5.75 Å². The number of ketones is 1. The summed E-state index contributed by atoms with van der Waals surface area (Å²) in [6, 6.07) is 3.07. The van der Waals surface area contributed by atoms with Gasteiger partial charge in [0, 0.05) is 5.56 Å². The Kier molecular flexibility index (Phi) is 3.09. The van der Waals surface area contributed by atoms with Crippen LogP contribution in [-0.4, -0.2) is 24.0 Å². The summed E-state index contributed by atoms with van der Waals surface area (Å²) in [6.07, 6.45) is 0. The number of aliphatic carboxylic acids is 1. The number of carbonyl (C=O) groups is 2. The van der Waals surface area contributed by atoms with Gasteiger partial charge in [-0.05, 0) is 37.1 Å². The summed E-state index contributed by atoms with van der Waals surface area (Å²) < 4.78 is 5.06. The van der Waals surface area contributed by atoms with E-state index in [0.29, 0.717) is 11.3 Å². The molecule has 1 rings (SSSR count). The first kappa shape index (κ1) is 11.2. The van der Waals surface area contributed by atoms with Gasteiger partial charge < -0.3 is 9.84 Å². The van der Waals surface area contributed by atoms with Crippen LogP contribution in [0.25, 0.3) is 0 Å². The third-order valence-electron chi connectivity index (χ3n) is 2.40. The summed E-state index contributed by atoms with van der Waals surface area (Å²) in [5, 5.41) is 8.60. The number of ether oxygens (including phenoxy) is 1. The molecule has 0 heterocycles. The Bertz CT molecular complexity index is 421. The van der Waals surface area contributed by atoms with E-state index in [2.05, 4.69) is 0 Å². The van der Waals surface area contributed by atoms with Gasteiger partial charge in [-0.2, -0.15) is 0 Å². The lowest BCUT2D eigenvalue weighted by molar-refractivity contribution is -0.131. The highest BCUT2D eigenvalue weighted by Crippen LogP contribution is 2.24. The molecule has 80 valence electrons. The number of rotatable bonds is 3. The van der Waals surface area contributed by atoms with E-state index in [0.717, 1.165) is 5.56 Å². The molecular formula is C11H12O4. The van der Waals surface area contributed by atoms with Crippen LogP contribution in [0.5, 0.6) is 5.75 Å². The highest BCUT2D eigenvalue weighted by atomic mass is 16.5. The zero-order chi connectivity index (χ0) is 11.6. The molecule has 0 radical (unpaired) electrons. The van der Waals surface area contributed by atoms with Crippen LogP contribution in [0.3, 0.4) is 0 Å². The van der Waals surface area contributed by atoms with Gasteiger partial charge in [-0.25, -0.2) is 4.79 Å². The van der Waals surface area contributed by atoms with Crippen molar-refractivity contribution in [3.8, 4) is 5.75 Å². The van der Waals surface area contributed by atoms with Gasteiger partial charge in [-0.3, -0.25) is 4.79 Å². The van der Waals surface area contributed by atoms with Gasteiger partial charge >= 0.3 is 5.97 Å². The van der Waals surface area contributed by atoms with Crippen molar-refractivity contribution in [3.63, 3.8) is 0 Å². The highest BCUT2D eigenvalue weighted by molar-refractivity contribution is 6.40. The maximum Gasteiger partial charge on any atom is 0.377 e. The molecule has 0 atom stereocenters. The summed E-state index contributed by atoms with van der Waals surface area (Å²) >= 11 is 0. The number of methoxy groups -OCH3 is 1. The average molecular weight is 208 g/mol. The molecule has 4 heteroatoms. The summed E-state index contributed by atoms with van der Waals surface area (Å²) in [5.74, 6) is -1.68. The van der Waals surface area contributed by atoms with Crippen molar-refractivity contribution in [2.45, 2.75) is 13.8 Å². The molecule has 0 fully saturated rings. The second-order valence-electron chi connectivity index (χ2n) is 3.20. The molecule has 0 saturated heterocycles. The Labute approximate surface area is 87.5 Å². The van der Waals surface area contributed by atoms with E-state index < -0.39 is 11.8 Å². The number of carbonyl (C=O) groups excluding carboxylic acids is 1. The lowest BCUT2D eigenvalue weighted by atomic mass is 9.99. The van der Waals surface area contributed by atoms with Gasteiger partial charge in [0.15, 0.2) is 0 Å². The number of carboxylic acids is 1. The van der Waals surface area contributed by atoms with Gasteiger partial charge in [-0.15, -0.1) is 0 Å². The van der Waals surface area contributed by atoms with E-state index >= 15 is 0 Å². The van der Waals surface area contributed by atoms with E-state index in [1.54, 1.807) is 19.9 Å². The summed E-state index contributed by atoms with van der Waals surface area (Å²) in [6.45, 7) is 3.49. The number of Topliss-reactive ketones (excluding diaryl/α,β-unsaturated/α-hetero) is 1. The molecule has 15 heavy (non-hydrogen) atoms. The molecular weight excluding hydrogens is 196 g/mol. The maximum atomic E-state index is 11.3. The molecule has 0 aliphatic rings. The largest absolute Gasteiger partial charge is 0.496 e.